The second kappa shape index (κ2) is 7.17. The van der Waals surface area contributed by atoms with Crippen LogP contribution < -0.4 is 5.73 Å². The molecule has 4 heteroatoms. The molecule has 1 heterocycles. The Morgan fingerprint density at radius 2 is 2.18 bits per heavy atom. The van der Waals surface area contributed by atoms with E-state index in [9.17, 15) is 0 Å². The van der Waals surface area contributed by atoms with Crippen molar-refractivity contribution in [3.63, 3.8) is 0 Å². The van der Waals surface area contributed by atoms with Crippen LogP contribution in [0, 0.1) is 0 Å². The van der Waals surface area contributed by atoms with E-state index < -0.39 is 0 Å². The van der Waals surface area contributed by atoms with Crippen molar-refractivity contribution in [2.75, 3.05) is 5.75 Å². The minimum Gasteiger partial charge on any atom is -0.327 e. The van der Waals surface area contributed by atoms with Gasteiger partial charge in [0.25, 0.3) is 0 Å². The van der Waals surface area contributed by atoms with Gasteiger partial charge in [0, 0.05) is 31.8 Å². The summed E-state index contributed by atoms with van der Waals surface area (Å²) in [5.41, 5.74) is 6.20. The van der Waals surface area contributed by atoms with Gasteiger partial charge in [-0.1, -0.05) is 19.3 Å². The number of hydrogen-bond donors (Lipinski definition) is 1. The lowest BCUT2D eigenvalue weighted by atomic mass is 10.0. The fourth-order valence-corrected chi connectivity index (χ4v) is 5.12. The Morgan fingerprint density at radius 1 is 1.41 bits per heavy atom. The molecule has 1 aromatic rings. The third-order valence-electron chi connectivity index (χ3n) is 3.18. The molecule has 1 saturated carbocycles. The van der Waals surface area contributed by atoms with E-state index in [1.807, 2.05) is 0 Å². The molecule has 0 aromatic carbocycles. The Bertz CT molecular complexity index is 334. The first-order valence-electron chi connectivity index (χ1n) is 6.34. The van der Waals surface area contributed by atoms with E-state index in [0.717, 1.165) is 17.4 Å². The summed E-state index contributed by atoms with van der Waals surface area (Å²) in [7, 11) is 0. The third-order valence-corrected chi connectivity index (χ3v) is 6.47. The molecule has 1 aliphatic carbocycles. The predicted octanol–water partition coefficient (Wildman–Crippen LogP) is 4.45. The van der Waals surface area contributed by atoms with Gasteiger partial charge in [-0.3, -0.25) is 0 Å². The van der Waals surface area contributed by atoms with Crippen LogP contribution in [0.3, 0.4) is 0 Å². The quantitative estimate of drug-likeness (QED) is 0.861. The van der Waals surface area contributed by atoms with Gasteiger partial charge in [-0.25, -0.2) is 0 Å². The molecule has 2 N–H and O–H groups in total. The summed E-state index contributed by atoms with van der Waals surface area (Å²) < 4.78 is 1.18. The summed E-state index contributed by atoms with van der Waals surface area (Å²) in [6.07, 6.45) is 8.11. The van der Waals surface area contributed by atoms with Crippen LogP contribution in [0.4, 0.5) is 0 Å². The Balaban J connectivity index is 1.68. The molecule has 1 aliphatic rings. The number of rotatable bonds is 5. The zero-order chi connectivity index (χ0) is 12.1. The Kier molecular flexibility index (Phi) is 5.87. The number of halogens is 1. The van der Waals surface area contributed by atoms with Crippen LogP contribution in [0.2, 0.25) is 0 Å². The molecule has 1 nitrogen and oxygen atoms in total. The van der Waals surface area contributed by atoms with Gasteiger partial charge in [0.1, 0.15) is 0 Å². The second-order valence-corrected chi connectivity index (χ2v) is 8.03. The second-order valence-electron chi connectivity index (χ2n) is 4.79. The summed E-state index contributed by atoms with van der Waals surface area (Å²) >= 11 is 7.39. The van der Waals surface area contributed by atoms with E-state index >= 15 is 0 Å². The van der Waals surface area contributed by atoms with Crippen LogP contribution in [0.1, 0.15) is 37.0 Å². The summed E-state index contributed by atoms with van der Waals surface area (Å²) in [4.78, 5) is 1.40. The summed E-state index contributed by atoms with van der Waals surface area (Å²) in [5, 5.41) is 3.01. The first-order chi connectivity index (χ1) is 8.24. The lowest BCUT2D eigenvalue weighted by molar-refractivity contribution is 0.515. The molecule has 1 fully saturated rings. The van der Waals surface area contributed by atoms with Crippen molar-refractivity contribution in [2.24, 2.45) is 5.73 Å². The molecule has 17 heavy (non-hydrogen) atoms. The lowest BCUT2D eigenvalue weighted by Crippen LogP contribution is -2.26. The van der Waals surface area contributed by atoms with Crippen molar-refractivity contribution < 1.29 is 0 Å². The van der Waals surface area contributed by atoms with Crippen LogP contribution in [-0.2, 0) is 6.42 Å². The maximum atomic E-state index is 6.20. The van der Waals surface area contributed by atoms with Gasteiger partial charge in [-0.05, 0) is 41.3 Å². The minimum absolute atomic E-state index is 0.312. The fourth-order valence-electron chi connectivity index (χ4n) is 2.27. The van der Waals surface area contributed by atoms with Crippen LogP contribution >= 0.6 is 39.0 Å². The zero-order valence-corrected chi connectivity index (χ0v) is 13.2. The highest BCUT2D eigenvalue weighted by Gasteiger charge is 2.15. The normalized spacial score (nSPS) is 19.4. The first kappa shape index (κ1) is 13.9. The molecule has 1 atom stereocenters. The minimum atomic E-state index is 0.312. The van der Waals surface area contributed by atoms with Gasteiger partial charge in [0.05, 0.1) is 0 Å². The van der Waals surface area contributed by atoms with Crippen LogP contribution in [0.5, 0.6) is 0 Å². The van der Waals surface area contributed by atoms with Crippen molar-refractivity contribution in [1.29, 1.82) is 0 Å². The van der Waals surface area contributed by atoms with Gasteiger partial charge in [0.15, 0.2) is 0 Å². The van der Waals surface area contributed by atoms with Crippen molar-refractivity contribution in [3.8, 4) is 0 Å². The van der Waals surface area contributed by atoms with E-state index in [2.05, 4.69) is 39.1 Å². The average molecular weight is 334 g/mol. The predicted molar refractivity (Wildman–Crippen MR) is 83.0 cm³/mol. The monoisotopic (exact) mass is 333 g/mol. The fraction of sp³-hybridized carbons (Fsp3) is 0.692. The van der Waals surface area contributed by atoms with E-state index in [4.69, 9.17) is 5.73 Å². The van der Waals surface area contributed by atoms with E-state index in [1.165, 1.54) is 41.5 Å². The van der Waals surface area contributed by atoms with E-state index in [-0.39, 0.29) is 0 Å². The average Bonchev–Trinajstić information content (AvgIpc) is 2.73. The first-order valence-corrected chi connectivity index (χ1v) is 9.06. The number of thioether (sulfide) groups is 1. The van der Waals surface area contributed by atoms with Crippen molar-refractivity contribution in [3.05, 3.63) is 20.8 Å². The lowest BCUT2D eigenvalue weighted by Gasteiger charge is -2.22. The molecule has 1 aromatic heterocycles. The number of hydrogen-bond acceptors (Lipinski definition) is 3. The summed E-state index contributed by atoms with van der Waals surface area (Å²) in [6, 6.07) is 2.50. The number of thiophene rings is 1. The van der Waals surface area contributed by atoms with Crippen LogP contribution in [-0.4, -0.2) is 17.0 Å². The van der Waals surface area contributed by atoms with Crippen molar-refractivity contribution in [2.45, 2.75) is 49.8 Å². The molecule has 0 aliphatic heterocycles. The highest BCUT2D eigenvalue weighted by Crippen LogP contribution is 2.29. The Labute approximate surface area is 121 Å². The molecule has 0 radical (unpaired) electrons. The maximum Gasteiger partial charge on any atom is 0.0285 e. The molecule has 2 rings (SSSR count). The van der Waals surface area contributed by atoms with Crippen LogP contribution in [0.15, 0.2) is 15.9 Å². The Hall–Kier alpha value is 0.490. The SMILES string of the molecule is NC(CSC1CCCCC1)Cc1cc(Br)cs1. The third kappa shape index (κ3) is 4.93. The van der Waals surface area contributed by atoms with Crippen molar-refractivity contribution >= 4 is 39.0 Å². The van der Waals surface area contributed by atoms with Gasteiger partial charge in [-0.2, -0.15) is 11.8 Å². The zero-order valence-electron chi connectivity index (χ0n) is 10.0. The molecule has 0 amide bonds. The largest absolute Gasteiger partial charge is 0.327 e. The van der Waals surface area contributed by atoms with Gasteiger partial charge >= 0.3 is 0 Å². The van der Waals surface area contributed by atoms with Gasteiger partial charge in [-0.15, -0.1) is 11.3 Å². The van der Waals surface area contributed by atoms with Crippen molar-refractivity contribution in [1.82, 2.24) is 0 Å². The maximum absolute atomic E-state index is 6.20. The number of nitrogens with two attached hydrogens (primary N) is 1. The highest BCUT2D eigenvalue weighted by atomic mass is 79.9. The molecule has 0 saturated heterocycles. The molecular formula is C13H20BrNS2. The highest BCUT2D eigenvalue weighted by molar-refractivity contribution is 9.10. The standard InChI is InChI=1S/C13H20BrNS2/c14-10-6-13(16-8-10)7-11(15)9-17-12-4-2-1-3-5-12/h6,8,11-12H,1-5,7,9,15H2. The van der Waals surface area contributed by atoms with Gasteiger partial charge < -0.3 is 5.73 Å². The van der Waals surface area contributed by atoms with E-state index in [0.29, 0.717) is 6.04 Å². The summed E-state index contributed by atoms with van der Waals surface area (Å²) in [5.74, 6) is 1.11. The van der Waals surface area contributed by atoms with Crippen LogP contribution in [0.25, 0.3) is 0 Å². The smallest absolute Gasteiger partial charge is 0.0285 e. The van der Waals surface area contributed by atoms with E-state index in [1.54, 1.807) is 11.3 Å². The molecule has 0 spiro atoms. The molecule has 0 bridgehead atoms. The van der Waals surface area contributed by atoms with Gasteiger partial charge in [0.2, 0.25) is 0 Å². The Morgan fingerprint density at radius 3 is 2.82 bits per heavy atom. The molecular weight excluding hydrogens is 314 g/mol. The molecule has 1 unspecified atom stereocenters. The molecule has 96 valence electrons. The summed E-state index contributed by atoms with van der Waals surface area (Å²) in [6.45, 7) is 0. The topological polar surface area (TPSA) is 26.0 Å².